The Bertz CT molecular complexity index is 691. The van der Waals surface area contributed by atoms with Crippen LogP contribution in [0.15, 0.2) is 54.6 Å². The smallest absolute Gasteiger partial charge is 0.248 e. The van der Waals surface area contributed by atoms with Crippen molar-refractivity contribution in [3.63, 3.8) is 0 Å². The fraction of sp³-hybridized carbons (Fsp3) is 0.286. The Morgan fingerprint density at radius 2 is 1.78 bits per heavy atom. The van der Waals surface area contributed by atoms with Gasteiger partial charge in [0.1, 0.15) is 0 Å². The average molecular weight is 307 g/mol. The molecule has 0 unspecified atom stereocenters. The topological polar surface area (TPSA) is 29.1 Å². The van der Waals surface area contributed by atoms with Crippen molar-refractivity contribution in [3.8, 4) is 0 Å². The number of carbonyl (C=O) groups is 1. The average Bonchev–Trinajstić information content (AvgIpc) is 2.52. The van der Waals surface area contributed by atoms with Crippen molar-refractivity contribution in [2.75, 3.05) is 5.32 Å². The normalized spacial score (nSPS) is 11.7. The third-order valence-electron chi connectivity index (χ3n) is 3.81. The van der Waals surface area contributed by atoms with E-state index >= 15 is 0 Å². The zero-order valence-electron chi connectivity index (χ0n) is 14.4. The van der Waals surface area contributed by atoms with Crippen molar-refractivity contribution in [2.45, 2.75) is 39.5 Å². The highest BCUT2D eigenvalue weighted by Gasteiger charge is 2.12. The van der Waals surface area contributed by atoms with Crippen molar-refractivity contribution >= 4 is 17.7 Å². The maximum Gasteiger partial charge on any atom is 0.248 e. The molecule has 0 aromatic heterocycles. The van der Waals surface area contributed by atoms with Crippen LogP contribution in [0, 0.1) is 0 Å². The summed E-state index contributed by atoms with van der Waals surface area (Å²) in [6, 6.07) is 16.2. The largest absolute Gasteiger partial charge is 0.323 e. The van der Waals surface area contributed by atoms with Crippen molar-refractivity contribution in [3.05, 3.63) is 71.3 Å². The highest BCUT2D eigenvalue weighted by atomic mass is 16.1. The van der Waals surface area contributed by atoms with Gasteiger partial charge in [-0.15, -0.1) is 0 Å². The summed E-state index contributed by atoms with van der Waals surface area (Å²) < 4.78 is 0. The lowest BCUT2D eigenvalue weighted by atomic mass is 9.87. The third kappa shape index (κ3) is 5.10. The molecule has 0 saturated carbocycles. The summed E-state index contributed by atoms with van der Waals surface area (Å²) in [5, 5.41) is 2.90. The minimum Gasteiger partial charge on any atom is -0.323 e. The number of nitrogens with one attached hydrogen (secondary N) is 1. The second-order valence-electron chi connectivity index (χ2n) is 6.75. The molecule has 0 fully saturated rings. The molecule has 0 saturated heterocycles. The first kappa shape index (κ1) is 17.0. The quantitative estimate of drug-likeness (QED) is 0.773. The van der Waals surface area contributed by atoms with E-state index in [0.717, 1.165) is 17.7 Å². The molecular weight excluding hydrogens is 282 g/mol. The molecule has 2 nitrogen and oxygen atoms in total. The number of hydrogen-bond donors (Lipinski definition) is 1. The summed E-state index contributed by atoms with van der Waals surface area (Å²) in [5.41, 5.74) is 4.50. The van der Waals surface area contributed by atoms with E-state index < -0.39 is 0 Å². The monoisotopic (exact) mass is 307 g/mol. The molecule has 1 amide bonds. The van der Waals surface area contributed by atoms with Gasteiger partial charge < -0.3 is 5.32 Å². The molecule has 0 bridgehead atoms. The van der Waals surface area contributed by atoms with Crippen LogP contribution in [0.4, 0.5) is 5.69 Å². The zero-order valence-corrected chi connectivity index (χ0v) is 14.4. The number of rotatable bonds is 4. The van der Waals surface area contributed by atoms with Gasteiger partial charge in [-0.1, -0.05) is 64.1 Å². The van der Waals surface area contributed by atoms with Gasteiger partial charge in [-0.25, -0.2) is 0 Å². The van der Waals surface area contributed by atoms with Gasteiger partial charge >= 0.3 is 0 Å². The Morgan fingerprint density at radius 3 is 2.39 bits per heavy atom. The Labute approximate surface area is 139 Å². The van der Waals surface area contributed by atoms with Crippen LogP contribution in [0.3, 0.4) is 0 Å². The number of benzene rings is 2. The Balaban J connectivity index is 2.00. The lowest BCUT2D eigenvalue weighted by Crippen LogP contribution is -2.10. The molecule has 2 aromatic rings. The number of amides is 1. The van der Waals surface area contributed by atoms with E-state index in [9.17, 15) is 4.79 Å². The fourth-order valence-electron chi connectivity index (χ4n) is 2.32. The minimum atomic E-state index is -0.113. The number of anilines is 1. The fourth-order valence-corrected chi connectivity index (χ4v) is 2.32. The Kier molecular flexibility index (Phi) is 5.38. The van der Waals surface area contributed by atoms with Gasteiger partial charge in [0.25, 0.3) is 0 Å². The summed E-state index contributed by atoms with van der Waals surface area (Å²) >= 11 is 0. The van der Waals surface area contributed by atoms with Crippen molar-refractivity contribution in [2.24, 2.45) is 0 Å². The maximum absolute atomic E-state index is 12.0. The second kappa shape index (κ2) is 7.28. The van der Waals surface area contributed by atoms with Gasteiger partial charge in [0.15, 0.2) is 0 Å². The second-order valence-corrected chi connectivity index (χ2v) is 6.75. The van der Waals surface area contributed by atoms with Crippen LogP contribution >= 0.6 is 0 Å². The van der Waals surface area contributed by atoms with Crippen molar-refractivity contribution in [1.29, 1.82) is 0 Å². The predicted molar refractivity (Wildman–Crippen MR) is 98.6 cm³/mol. The molecule has 0 aliphatic carbocycles. The first-order valence-electron chi connectivity index (χ1n) is 8.07. The molecule has 2 rings (SSSR count). The molecule has 2 aromatic carbocycles. The van der Waals surface area contributed by atoms with E-state index in [2.05, 4.69) is 51.2 Å². The number of aryl methyl sites for hydroxylation is 1. The molecule has 0 aliphatic heterocycles. The van der Waals surface area contributed by atoms with E-state index in [0.29, 0.717) is 0 Å². The van der Waals surface area contributed by atoms with Crippen molar-refractivity contribution in [1.82, 2.24) is 0 Å². The SMILES string of the molecule is CCc1cccc(NC(=O)C=Cc2ccc(C(C)(C)C)cc2)c1. The third-order valence-corrected chi connectivity index (χ3v) is 3.81. The van der Waals surface area contributed by atoms with Gasteiger partial charge in [0.2, 0.25) is 5.91 Å². The molecule has 0 radical (unpaired) electrons. The molecule has 0 aliphatic rings. The summed E-state index contributed by atoms with van der Waals surface area (Å²) in [4.78, 5) is 12.0. The Morgan fingerprint density at radius 1 is 1.09 bits per heavy atom. The first-order chi connectivity index (χ1) is 10.9. The highest BCUT2D eigenvalue weighted by Crippen LogP contribution is 2.22. The standard InChI is InChI=1S/C21H25NO/c1-5-16-7-6-8-19(15-16)22-20(23)14-11-17-9-12-18(13-10-17)21(2,3)4/h6-15H,5H2,1-4H3,(H,22,23). The lowest BCUT2D eigenvalue weighted by Gasteiger charge is -2.18. The summed E-state index contributed by atoms with van der Waals surface area (Å²) in [7, 11) is 0. The van der Waals surface area contributed by atoms with Gasteiger partial charge in [0, 0.05) is 11.8 Å². The number of hydrogen-bond acceptors (Lipinski definition) is 1. The minimum absolute atomic E-state index is 0.113. The van der Waals surface area contributed by atoms with Crippen LogP contribution in [-0.2, 0) is 16.6 Å². The van der Waals surface area contributed by atoms with Gasteiger partial charge in [0.05, 0.1) is 0 Å². The van der Waals surface area contributed by atoms with Crippen LogP contribution in [0.1, 0.15) is 44.4 Å². The van der Waals surface area contributed by atoms with Crippen LogP contribution in [-0.4, -0.2) is 5.91 Å². The van der Waals surface area contributed by atoms with E-state index in [4.69, 9.17) is 0 Å². The molecule has 1 N–H and O–H groups in total. The predicted octanol–water partition coefficient (Wildman–Crippen LogP) is 5.20. The van der Waals surface area contributed by atoms with Crippen LogP contribution in [0.2, 0.25) is 0 Å². The van der Waals surface area contributed by atoms with Crippen molar-refractivity contribution < 1.29 is 4.79 Å². The lowest BCUT2D eigenvalue weighted by molar-refractivity contribution is -0.111. The molecule has 120 valence electrons. The summed E-state index contributed by atoms with van der Waals surface area (Å²) in [6.45, 7) is 8.67. The van der Waals surface area contributed by atoms with Gasteiger partial charge in [-0.05, 0) is 46.7 Å². The van der Waals surface area contributed by atoms with E-state index in [1.54, 1.807) is 6.08 Å². The van der Waals surface area contributed by atoms with Gasteiger partial charge in [-0.2, -0.15) is 0 Å². The van der Waals surface area contributed by atoms with E-state index in [-0.39, 0.29) is 11.3 Å². The molecular formula is C21H25NO. The summed E-state index contributed by atoms with van der Waals surface area (Å²) in [5.74, 6) is -0.113. The van der Waals surface area contributed by atoms with Crippen LogP contribution in [0.25, 0.3) is 6.08 Å². The van der Waals surface area contributed by atoms with Gasteiger partial charge in [-0.3, -0.25) is 4.79 Å². The molecule has 0 heterocycles. The molecule has 23 heavy (non-hydrogen) atoms. The summed E-state index contributed by atoms with van der Waals surface area (Å²) in [6.07, 6.45) is 4.37. The molecule has 2 heteroatoms. The molecule has 0 spiro atoms. The Hall–Kier alpha value is -2.35. The van der Waals surface area contributed by atoms with E-state index in [1.807, 2.05) is 36.4 Å². The zero-order chi connectivity index (χ0) is 16.9. The van der Waals surface area contributed by atoms with Crippen LogP contribution < -0.4 is 5.32 Å². The van der Waals surface area contributed by atoms with E-state index in [1.165, 1.54) is 11.1 Å². The number of carbonyl (C=O) groups excluding carboxylic acids is 1. The van der Waals surface area contributed by atoms with Crippen LogP contribution in [0.5, 0.6) is 0 Å². The first-order valence-corrected chi connectivity index (χ1v) is 8.07. The maximum atomic E-state index is 12.0. The highest BCUT2D eigenvalue weighted by molar-refractivity contribution is 6.01. The molecule has 0 atom stereocenters.